The molecule has 2 nitrogen and oxygen atoms in total. The summed E-state index contributed by atoms with van der Waals surface area (Å²) in [6.45, 7) is 0. The fourth-order valence-corrected chi connectivity index (χ4v) is 2.90. The van der Waals surface area contributed by atoms with Gasteiger partial charge in [-0.05, 0) is 18.2 Å². The van der Waals surface area contributed by atoms with Crippen LogP contribution in [0.3, 0.4) is 0 Å². The van der Waals surface area contributed by atoms with E-state index in [4.69, 9.17) is 5.73 Å². The Bertz CT molecular complexity index is 657. The van der Waals surface area contributed by atoms with E-state index in [0.29, 0.717) is 5.69 Å². The van der Waals surface area contributed by atoms with Crippen molar-refractivity contribution in [1.82, 2.24) is 0 Å². The lowest BCUT2D eigenvalue weighted by Gasteiger charge is -1.98. The third-order valence-electron chi connectivity index (χ3n) is 2.53. The minimum Gasteiger partial charge on any atom is -0.506 e. The van der Waals surface area contributed by atoms with Gasteiger partial charge in [0.25, 0.3) is 0 Å². The molecule has 0 aliphatic rings. The van der Waals surface area contributed by atoms with E-state index in [9.17, 15) is 5.11 Å². The van der Waals surface area contributed by atoms with Crippen molar-refractivity contribution in [2.24, 2.45) is 0 Å². The topological polar surface area (TPSA) is 46.2 Å². The van der Waals surface area contributed by atoms with Crippen molar-refractivity contribution in [3.8, 4) is 5.75 Å². The van der Waals surface area contributed by atoms with E-state index in [0.717, 1.165) is 10.1 Å². The molecule has 0 radical (unpaired) electrons. The number of anilines is 1. The van der Waals surface area contributed by atoms with E-state index in [1.807, 2.05) is 18.2 Å². The largest absolute Gasteiger partial charge is 0.506 e. The molecular weight excluding hydrogens is 206 g/mol. The number of phenolic OH excluding ortho intramolecular Hbond substituents is 1. The van der Waals surface area contributed by atoms with Gasteiger partial charge in [-0.1, -0.05) is 18.2 Å². The molecule has 74 valence electrons. The van der Waals surface area contributed by atoms with E-state index >= 15 is 0 Å². The van der Waals surface area contributed by atoms with E-state index in [1.54, 1.807) is 17.4 Å². The third kappa shape index (κ3) is 1.17. The first-order valence-electron chi connectivity index (χ1n) is 4.65. The second kappa shape index (κ2) is 2.87. The second-order valence-electron chi connectivity index (χ2n) is 3.51. The molecule has 3 N–H and O–H groups in total. The molecule has 0 aliphatic carbocycles. The van der Waals surface area contributed by atoms with Crippen LogP contribution in [0.25, 0.3) is 20.2 Å². The molecule has 0 atom stereocenters. The van der Waals surface area contributed by atoms with E-state index in [1.165, 1.54) is 10.1 Å². The maximum atomic E-state index is 9.52. The number of thiophene rings is 1. The summed E-state index contributed by atoms with van der Waals surface area (Å²) < 4.78 is 2.29. The summed E-state index contributed by atoms with van der Waals surface area (Å²) in [4.78, 5) is 0. The van der Waals surface area contributed by atoms with Crippen molar-refractivity contribution in [2.45, 2.75) is 0 Å². The standard InChI is InChI=1S/C12H9NOS/c13-9-5-8-7-3-1-2-4-11(7)15-12(8)6-10(9)14/h1-6,14H,13H2. The van der Waals surface area contributed by atoms with Crippen molar-refractivity contribution >= 4 is 37.2 Å². The third-order valence-corrected chi connectivity index (χ3v) is 3.66. The lowest BCUT2D eigenvalue weighted by atomic mass is 10.1. The monoisotopic (exact) mass is 215 g/mol. The van der Waals surface area contributed by atoms with Gasteiger partial charge >= 0.3 is 0 Å². The van der Waals surface area contributed by atoms with Crippen LogP contribution in [-0.2, 0) is 0 Å². The Morgan fingerprint density at radius 2 is 1.80 bits per heavy atom. The quantitative estimate of drug-likeness (QED) is 0.446. The Morgan fingerprint density at radius 1 is 1.00 bits per heavy atom. The summed E-state index contributed by atoms with van der Waals surface area (Å²) in [5.41, 5.74) is 6.13. The molecule has 1 aromatic heterocycles. The molecule has 3 aromatic rings. The first-order valence-corrected chi connectivity index (χ1v) is 5.47. The number of nitrogens with two attached hydrogens (primary N) is 1. The van der Waals surface area contributed by atoms with Gasteiger partial charge in [0.15, 0.2) is 0 Å². The van der Waals surface area contributed by atoms with Crippen molar-refractivity contribution in [1.29, 1.82) is 0 Å². The van der Waals surface area contributed by atoms with Crippen molar-refractivity contribution in [3.63, 3.8) is 0 Å². The van der Waals surface area contributed by atoms with Gasteiger partial charge in [0.05, 0.1) is 5.69 Å². The predicted octanol–water partition coefficient (Wildman–Crippen LogP) is 3.34. The van der Waals surface area contributed by atoms with Crippen molar-refractivity contribution in [3.05, 3.63) is 36.4 Å². The van der Waals surface area contributed by atoms with Gasteiger partial charge in [-0.25, -0.2) is 0 Å². The van der Waals surface area contributed by atoms with Gasteiger partial charge in [-0.15, -0.1) is 11.3 Å². The minimum absolute atomic E-state index is 0.161. The van der Waals surface area contributed by atoms with Crippen LogP contribution < -0.4 is 5.73 Å². The Kier molecular flexibility index (Phi) is 1.64. The molecule has 0 unspecified atom stereocenters. The summed E-state index contributed by atoms with van der Waals surface area (Å²) in [6, 6.07) is 11.7. The molecule has 2 aromatic carbocycles. The number of nitrogen functional groups attached to an aromatic ring is 1. The molecular formula is C12H9NOS. The zero-order valence-corrected chi connectivity index (χ0v) is 8.71. The normalized spacial score (nSPS) is 11.2. The van der Waals surface area contributed by atoms with Crippen LogP contribution in [0, 0.1) is 0 Å². The summed E-state index contributed by atoms with van der Waals surface area (Å²) in [7, 11) is 0. The van der Waals surface area contributed by atoms with E-state index in [-0.39, 0.29) is 5.75 Å². The minimum atomic E-state index is 0.161. The van der Waals surface area contributed by atoms with Crippen molar-refractivity contribution in [2.75, 3.05) is 5.73 Å². The van der Waals surface area contributed by atoms with Crippen LogP contribution in [0.1, 0.15) is 0 Å². The van der Waals surface area contributed by atoms with Gasteiger partial charge in [0.1, 0.15) is 5.75 Å². The number of hydrogen-bond acceptors (Lipinski definition) is 3. The van der Waals surface area contributed by atoms with E-state index in [2.05, 4.69) is 12.1 Å². The Hall–Kier alpha value is -1.74. The first-order chi connectivity index (χ1) is 7.25. The molecule has 0 spiro atoms. The molecule has 0 aliphatic heterocycles. The predicted molar refractivity (Wildman–Crippen MR) is 65.4 cm³/mol. The van der Waals surface area contributed by atoms with Crippen LogP contribution in [0.15, 0.2) is 36.4 Å². The maximum absolute atomic E-state index is 9.52. The highest BCUT2D eigenvalue weighted by Crippen LogP contribution is 2.37. The summed E-state index contributed by atoms with van der Waals surface area (Å²) in [5.74, 6) is 0.161. The summed E-state index contributed by atoms with van der Waals surface area (Å²) >= 11 is 1.67. The summed E-state index contributed by atoms with van der Waals surface area (Å²) in [6.07, 6.45) is 0. The molecule has 1 heterocycles. The van der Waals surface area contributed by atoms with Crippen LogP contribution in [-0.4, -0.2) is 5.11 Å². The molecule has 0 bridgehead atoms. The van der Waals surface area contributed by atoms with Gasteiger partial charge in [-0.2, -0.15) is 0 Å². The number of hydrogen-bond donors (Lipinski definition) is 2. The highest BCUT2D eigenvalue weighted by Gasteiger charge is 2.06. The van der Waals surface area contributed by atoms with Crippen molar-refractivity contribution < 1.29 is 5.11 Å². The fraction of sp³-hybridized carbons (Fsp3) is 0. The molecule has 0 amide bonds. The van der Waals surface area contributed by atoms with Gasteiger partial charge in [0.2, 0.25) is 0 Å². The van der Waals surface area contributed by atoms with Crippen LogP contribution in [0.2, 0.25) is 0 Å². The molecule has 3 rings (SSSR count). The smallest absolute Gasteiger partial charge is 0.139 e. The first kappa shape index (κ1) is 8.56. The lowest BCUT2D eigenvalue weighted by molar-refractivity contribution is 0.479. The maximum Gasteiger partial charge on any atom is 0.139 e. The number of benzene rings is 2. The average molecular weight is 215 g/mol. The second-order valence-corrected chi connectivity index (χ2v) is 4.59. The highest BCUT2D eigenvalue weighted by atomic mass is 32.1. The van der Waals surface area contributed by atoms with Gasteiger partial charge in [-0.3, -0.25) is 0 Å². The van der Waals surface area contributed by atoms with Gasteiger partial charge < -0.3 is 10.8 Å². The lowest BCUT2D eigenvalue weighted by Crippen LogP contribution is -1.83. The number of phenols is 1. The van der Waals surface area contributed by atoms with Gasteiger partial charge in [0, 0.05) is 20.2 Å². The zero-order valence-electron chi connectivity index (χ0n) is 7.90. The van der Waals surface area contributed by atoms with Crippen LogP contribution in [0.5, 0.6) is 5.75 Å². The number of aromatic hydroxyl groups is 1. The average Bonchev–Trinajstić information content (AvgIpc) is 2.57. The SMILES string of the molecule is Nc1cc2c(cc1O)sc1ccccc12. The highest BCUT2D eigenvalue weighted by molar-refractivity contribution is 7.25. The van der Waals surface area contributed by atoms with Crippen LogP contribution in [0.4, 0.5) is 5.69 Å². The Balaban J connectivity index is 2.56. The fourth-order valence-electron chi connectivity index (χ4n) is 1.78. The number of fused-ring (bicyclic) bond motifs is 3. The molecule has 0 fully saturated rings. The van der Waals surface area contributed by atoms with E-state index < -0.39 is 0 Å². The summed E-state index contributed by atoms with van der Waals surface area (Å²) in [5, 5.41) is 11.8. The zero-order chi connectivity index (χ0) is 10.4. The van der Waals surface area contributed by atoms with Crippen LogP contribution >= 0.6 is 11.3 Å². The molecule has 3 heteroatoms. The molecule has 0 saturated carbocycles. The Labute approximate surface area is 90.6 Å². The molecule has 15 heavy (non-hydrogen) atoms. The molecule has 0 saturated heterocycles. The number of rotatable bonds is 0. The Morgan fingerprint density at radius 3 is 2.67 bits per heavy atom.